The molecule has 2 unspecified atom stereocenters. The number of H-pyrrole nitrogens is 1. The van der Waals surface area contributed by atoms with Gasteiger partial charge in [0.25, 0.3) is 11.8 Å². The number of aliphatic hydroxyl groups is 3. The molecule has 16 nitrogen and oxygen atoms in total. The Bertz CT molecular complexity index is 1860. The molecule has 63 heavy (non-hydrogen) atoms. The van der Waals surface area contributed by atoms with Gasteiger partial charge >= 0.3 is 0 Å². The number of imide groups is 1. The van der Waals surface area contributed by atoms with Crippen molar-refractivity contribution in [3.63, 3.8) is 0 Å². The molecule has 8 N–H and O–H groups in total. The Morgan fingerprint density at radius 3 is 2.16 bits per heavy atom. The van der Waals surface area contributed by atoms with Crippen molar-refractivity contribution in [2.24, 2.45) is 23.5 Å². The zero-order valence-corrected chi connectivity index (χ0v) is 37.6. The van der Waals surface area contributed by atoms with E-state index >= 15 is 9.59 Å². The van der Waals surface area contributed by atoms with Crippen molar-refractivity contribution in [2.45, 2.75) is 154 Å². The number of nitrogens with zero attached hydrogens (tertiary/aromatic N) is 4. The Balaban J connectivity index is 1.75. The molecule has 1 aliphatic carbocycles. The number of benzene rings is 1. The lowest BCUT2D eigenvalue weighted by atomic mass is 9.89. The van der Waals surface area contributed by atoms with Gasteiger partial charge in [0.15, 0.2) is 0 Å². The number of aliphatic hydroxyl groups excluding tert-OH is 3. The lowest BCUT2D eigenvalue weighted by Crippen LogP contribution is -2.64. The van der Waals surface area contributed by atoms with Crippen LogP contribution in [0.5, 0.6) is 0 Å². The van der Waals surface area contributed by atoms with Gasteiger partial charge < -0.3 is 41.6 Å². The number of aromatic amines is 1. The van der Waals surface area contributed by atoms with E-state index in [1.807, 2.05) is 57.2 Å². The van der Waals surface area contributed by atoms with Crippen LogP contribution in [0.2, 0.25) is 0 Å². The van der Waals surface area contributed by atoms with Gasteiger partial charge in [0.05, 0.1) is 18.9 Å². The number of hydrogen-bond donors (Lipinski definition) is 7. The first-order valence-corrected chi connectivity index (χ1v) is 22.5. The van der Waals surface area contributed by atoms with Gasteiger partial charge in [0.2, 0.25) is 17.7 Å². The molecule has 2 aromatic heterocycles. The minimum Gasteiger partial charge on any atom is -0.396 e. The van der Waals surface area contributed by atoms with Crippen molar-refractivity contribution in [3.05, 3.63) is 84.2 Å². The normalized spacial score (nSPS) is 17.0. The molecule has 1 aromatic carbocycles. The molecule has 0 bridgehead atoms. The average Bonchev–Trinajstić information content (AvgIpc) is 3.80. The quantitative estimate of drug-likeness (QED) is 0.0645. The summed E-state index contributed by atoms with van der Waals surface area (Å²) in [6.45, 7) is 8.47. The van der Waals surface area contributed by atoms with E-state index in [-0.39, 0.29) is 31.1 Å². The number of aromatic nitrogens is 3. The molecule has 0 saturated heterocycles. The van der Waals surface area contributed by atoms with E-state index in [4.69, 9.17) is 5.73 Å². The zero-order valence-electron chi connectivity index (χ0n) is 37.6. The number of nitrogens with one attached hydrogen (secondary N) is 3. The molecule has 1 aliphatic rings. The summed E-state index contributed by atoms with van der Waals surface area (Å²) in [5, 5.41) is 38.8. The largest absolute Gasteiger partial charge is 0.396 e. The zero-order chi connectivity index (χ0) is 46.1. The highest BCUT2D eigenvalue weighted by atomic mass is 16.3. The van der Waals surface area contributed by atoms with Crippen molar-refractivity contribution >= 4 is 29.5 Å². The summed E-state index contributed by atoms with van der Waals surface area (Å²) in [6, 6.07) is 7.61. The maximum absolute atomic E-state index is 15.5. The van der Waals surface area contributed by atoms with Crippen LogP contribution in [0.3, 0.4) is 0 Å². The second-order valence-corrected chi connectivity index (χ2v) is 17.6. The van der Waals surface area contributed by atoms with Gasteiger partial charge in [-0.3, -0.25) is 33.9 Å². The summed E-state index contributed by atoms with van der Waals surface area (Å²) >= 11 is 0. The first kappa shape index (κ1) is 50.6. The Labute approximate surface area is 371 Å². The maximum atomic E-state index is 15.5. The highest BCUT2D eigenvalue weighted by molar-refractivity contribution is 6.03. The molecule has 1 fully saturated rings. The molecule has 3 aromatic rings. The molecular formula is C47H70N8O8. The van der Waals surface area contributed by atoms with Gasteiger partial charge in [-0.05, 0) is 54.7 Å². The molecule has 8 atom stereocenters. The van der Waals surface area contributed by atoms with Gasteiger partial charge in [-0.15, -0.1) is 0 Å². The van der Waals surface area contributed by atoms with Crippen LogP contribution in [0, 0.1) is 17.8 Å². The number of pyridine rings is 1. The van der Waals surface area contributed by atoms with Crippen molar-refractivity contribution in [1.29, 1.82) is 0 Å². The predicted octanol–water partition coefficient (Wildman–Crippen LogP) is 3.19. The summed E-state index contributed by atoms with van der Waals surface area (Å²) in [4.78, 5) is 86.6. The van der Waals surface area contributed by atoms with Crippen LogP contribution in [0.15, 0.2) is 67.4 Å². The summed E-state index contributed by atoms with van der Waals surface area (Å²) in [5.74, 6) is -4.62. The molecular weight excluding hydrogens is 805 g/mol. The van der Waals surface area contributed by atoms with Gasteiger partial charge in [-0.2, -0.15) is 0 Å². The molecule has 0 radical (unpaired) electrons. The molecule has 5 amide bonds. The number of imidazole rings is 1. The Kier molecular flexibility index (Phi) is 20.3. The number of amides is 5. The third-order valence-electron chi connectivity index (χ3n) is 12.0. The van der Waals surface area contributed by atoms with Crippen LogP contribution in [0.25, 0.3) is 0 Å². The minimum atomic E-state index is -1.66. The van der Waals surface area contributed by atoms with Crippen molar-refractivity contribution in [3.8, 4) is 0 Å². The second-order valence-electron chi connectivity index (χ2n) is 17.6. The van der Waals surface area contributed by atoms with E-state index in [9.17, 15) is 29.7 Å². The number of nitrogens with two attached hydrogens (primary N) is 1. The maximum Gasteiger partial charge on any atom is 0.252 e. The standard InChI is InChI=1S/C47H70N8O8/c1-6-31(4)43(55(45(61)32(5)28-56)42(59)25-40(57)37(48)22-30(2)3)47(63)54(36-17-11-8-12-18-36)46(62)39(24-35-27-50-29-51-35)53-44(60)38(23-33-14-9-7-10-15-33)52-41(58)20-19-34-16-13-21-49-26-34/h7,9-10,13-16,21,26-27,29-32,36-40,43,45,56-57,61H,6,8,11-12,17-20,22-25,28,48H2,1-5H3,(H,50,51)(H,52,58)(H,53,60)/t31-,32?,37-,38-,39-,40-,43-,45?/m0/s1. The second kappa shape index (κ2) is 25.3. The van der Waals surface area contributed by atoms with E-state index in [1.54, 1.807) is 25.4 Å². The number of carbonyl (C=O) groups is 5. The van der Waals surface area contributed by atoms with Gasteiger partial charge in [-0.1, -0.05) is 96.7 Å². The van der Waals surface area contributed by atoms with E-state index in [2.05, 4.69) is 25.6 Å². The summed E-state index contributed by atoms with van der Waals surface area (Å²) in [6.07, 6.45) is 7.40. The summed E-state index contributed by atoms with van der Waals surface area (Å²) in [5.41, 5.74) is 8.41. The molecule has 4 rings (SSSR count). The monoisotopic (exact) mass is 875 g/mol. The molecule has 0 spiro atoms. The van der Waals surface area contributed by atoms with E-state index in [0.29, 0.717) is 37.8 Å². The van der Waals surface area contributed by atoms with E-state index in [1.165, 1.54) is 24.3 Å². The van der Waals surface area contributed by atoms with Crippen molar-refractivity contribution < 1.29 is 39.3 Å². The Morgan fingerprint density at radius 1 is 0.857 bits per heavy atom. The van der Waals surface area contributed by atoms with E-state index < -0.39 is 91.0 Å². The topological polar surface area (TPSA) is 244 Å². The lowest BCUT2D eigenvalue weighted by Gasteiger charge is -2.44. The number of rotatable bonds is 24. The molecule has 1 saturated carbocycles. The smallest absolute Gasteiger partial charge is 0.252 e. The van der Waals surface area contributed by atoms with E-state index in [0.717, 1.165) is 35.3 Å². The Hall–Kier alpha value is -5.03. The summed E-state index contributed by atoms with van der Waals surface area (Å²) in [7, 11) is 0. The van der Waals surface area contributed by atoms with Crippen LogP contribution in [0.4, 0.5) is 0 Å². The van der Waals surface area contributed by atoms with Crippen LogP contribution in [0.1, 0.15) is 109 Å². The van der Waals surface area contributed by atoms with Crippen molar-refractivity contribution in [2.75, 3.05) is 6.61 Å². The first-order valence-electron chi connectivity index (χ1n) is 22.5. The fourth-order valence-electron chi connectivity index (χ4n) is 8.17. The third kappa shape index (κ3) is 15.0. The Morgan fingerprint density at radius 2 is 1.56 bits per heavy atom. The third-order valence-corrected chi connectivity index (χ3v) is 12.0. The predicted molar refractivity (Wildman–Crippen MR) is 238 cm³/mol. The number of carbonyl (C=O) groups excluding carboxylic acids is 5. The minimum absolute atomic E-state index is 0.0817. The number of hydrogen-bond acceptors (Lipinski definition) is 11. The van der Waals surface area contributed by atoms with Gasteiger partial charge in [-0.25, -0.2) is 4.98 Å². The number of aryl methyl sites for hydroxylation is 1. The molecule has 346 valence electrons. The molecule has 0 aliphatic heterocycles. The highest BCUT2D eigenvalue weighted by Crippen LogP contribution is 2.30. The molecule has 2 heterocycles. The fourth-order valence-corrected chi connectivity index (χ4v) is 8.17. The SMILES string of the molecule is CC[C@H](C)[C@@H](C(=O)N(C(=O)[C@H](Cc1cnc[nH]1)NC(=O)[C@H](Cc1ccccc1)NC(=O)CCc1cccnc1)C1CCCCC1)N(C(=O)C[C@H](O)[C@@H](N)CC(C)C)C(O)C(C)CO. The summed E-state index contributed by atoms with van der Waals surface area (Å²) < 4.78 is 0. The van der Waals surface area contributed by atoms with Gasteiger partial charge in [0, 0.05) is 68.2 Å². The van der Waals surface area contributed by atoms with Crippen molar-refractivity contribution in [1.82, 2.24) is 35.4 Å². The lowest BCUT2D eigenvalue weighted by molar-refractivity contribution is -0.171. The van der Waals surface area contributed by atoms with Crippen LogP contribution in [-0.4, -0.2) is 119 Å². The average molecular weight is 875 g/mol. The first-order chi connectivity index (χ1) is 30.1. The fraction of sp³-hybridized carbons (Fsp3) is 0.596. The van der Waals surface area contributed by atoms with Crippen LogP contribution < -0.4 is 16.4 Å². The highest BCUT2D eigenvalue weighted by Gasteiger charge is 2.46. The van der Waals surface area contributed by atoms with Crippen LogP contribution >= 0.6 is 0 Å². The van der Waals surface area contributed by atoms with Crippen LogP contribution in [-0.2, 0) is 43.2 Å². The molecule has 16 heteroatoms. The van der Waals surface area contributed by atoms with Gasteiger partial charge in [0.1, 0.15) is 24.4 Å².